The molecule has 0 spiro atoms. The predicted octanol–water partition coefficient (Wildman–Crippen LogP) is 2.34. The highest BCUT2D eigenvalue weighted by Gasteiger charge is 2.29. The average Bonchev–Trinajstić information content (AvgIpc) is 2.98. The second-order valence-electron chi connectivity index (χ2n) is 4.60. The fraction of sp³-hybridized carbons (Fsp3) is 0.385. The summed E-state index contributed by atoms with van der Waals surface area (Å²) in [5.74, 6) is 1.18. The number of benzene rings is 1. The van der Waals surface area contributed by atoms with E-state index in [1.165, 1.54) is 12.1 Å². The first kappa shape index (κ1) is 11.3. The lowest BCUT2D eigenvalue weighted by Crippen LogP contribution is -2.21. The number of nitrogens with one attached hydrogen (secondary N) is 1. The molecule has 1 fully saturated rings. The first-order valence-corrected chi connectivity index (χ1v) is 6.07. The van der Waals surface area contributed by atoms with Crippen LogP contribution in [-0.2, 0) is 0 Å². The van der Waals surface area contributed by atoms with Gasteiger partial charge in [0.1, 0.15) is 5.82 Å². The molecule has 1 aromatic heterocycles. The van der Waals surface area contributed by atoms with E-state index in [0.717, 1.165) is 18.5 Å². The van der Waals surface area contributed by atoms with E-state index in [2.05, 4.69) is 22.4 Å². The van der Waals surface area contributed by atoms with Crippen molar-refractivity contribution in [2.75, 3.05) is 6.54 Å². The van der Waals surface area contributed by atoms with E-state index >= 15 is 0 Å². The Morgan fingerprint density at radius 3 is 2.78 bits per heavy atom. The highest BCUT2D eigenvalue weighted by atomic mass is 19.1. The van der Waals surface area contributed by atoms with Gasteiger partial charge in [-0.3, -0.25) is 0 Å². The normalized spacial score (nSPS) is 23.4. The minimum atomic E-state index is -0.268. The molecule has 94 valence electrons. The molecule has 1 N–H and O–H groups in total. The molecule has 1 saturated heterocycles. The fourth-order valence-electron chi connectivity index (χ4n) is 2.30. The van der Waals surface area contributed by atoms with Crippen LogP contribution in [0.5, 0.6) is 0 Å². The SMILES string of the molecule is CC1NCCC1c1nc(-c2ccc(F)cc2)no1. The quantitative estimate of drug-likeness (QED) is 0.885. The first-order chi connectivity index (χ1) is 8.74. The van der Waals surface area contributed by atoms with Crippen LogP contribution in [0.4, 0.5) is 4.39 Å². The van der Waals surface area contributed by atoms with E-state index in [9.17, 15) is 4.39 Å². The summed E-state index contributed by atoms with van der Waals surface area (Å²) >= 11 is 0. The van der Waals surface area contributed by atoms with Crippen molar-refractivity contribution in [1.82, 2.24) is 15.5 Å². The van der Waals surface area contributed by atoms with E-state index in [-0.39, 0.29) is 11.7 Å². The van der Waals surface area contributed by atoms with Gasteiger partial charge in [0.05, 0.1) is 5.92 Å². The number of hydrogen-bond donors (Lipinski definition) is 1. The molecule has 1 aliphatic heterocycles. The van der Waals surface area contributed by atoms with E-state index < -0.39 is 0 Å². The molecule has 2 atom stereocenters. The van der Waals surface area contributed by atoms with Gasteiger partial charge in [-0.15, -0.1) is 0 Å². The van der Waals surface area contributed by atoms with Crippen LogP contribution in [0.1, 0.15) is 25.2 Å². The van der Waals surface area contributed by atoms with Gasteiger partial charge >= 0.3 is 0 Å². The van der Waals surface area contributed by atoms with Gasteiger partial charge in [-0.2, -0.15) is 4.98 Å². The van der Waals surface area contributed by atoms with Gasteiger partial charge in [0.2, 0.25) is 11.7 Å². The zero-order chi connectivity index (χ0) is 12.5. The number of rotatable bonds is 2. The molecule has 2 unspecified atom stereocenters. The average molecular weight is 247 g/mol. The van der Waals surface area contributed by atoms with E-state index in [0.29, 0.717) is 17.8 Å². The molecule has 0 radical (unpaired) electrons. The molecule has 1 aliphatic rings. The topological polar surface area (TPSA) is 51.0 Å². The monoisotopic (exact) mass is 247 g/mol. The van der Waals surface area contributed by atoms with Crippen molar-refractivity contribution < 1.29 is 8.91 Å². The molecular formula is C13H14FN3O. The van der Waals surface area contributed by atoms with Gasteiger partial charge in [-0.25, -0.2) is 4.39 Å². The molecule has 0 aliphatic carbocycles. The van der Waals surface area contributed by atoms with Crippen LogP contribution in [0.25, 0.3) is 11.4 Å². The van der Waals surface area contributed by atoms with Crippen LogP contribution >= 0.6 is 0 Å². The van der Waals surface area contributed by atoms with Gasteiger partial charge < -0.3 is 9.84 Å². The van der Waals surface area contributed by atoms with E-state index in [1.54, 1.807) is 12.1 Å². The first-order valence-electron chi connectivity index (χ1n) is 6.07. The molecule has 18 heavy (non-hydrogen) atoms. The van der Waals surface area contributed by atoms with Crippen molar-refractivity contribution in [3.63, 3.8) is 0 Å². The van der Waals surface area contributed by atoms with Gasteiger partial charge in [0.25, 0.3) is 0 Å². The number of halogens is 1. The summed E-state index contributed by atoms with van der Waals surface area (Å²) < 4.78 is 18.1. The molecule has 0 saturated carbocycles. The van der Waals surface area contributed by atoms with Crippen LogP contribution < -0.4 is 5.32 Å². The molecule has 5 heteroatoms. The van der Waals surface area contributed by atoms with Crippen molar-refractivity contribution >= 4 is 0 Å². The second-order valence-corrected chi connectivity index (χ2v) is 4.60. The predicted molar refractivity (Wildman–Crippen MR) is 64.5 cm³/mol. The summed E-state index contributed by atoms with van der Waals surface area (Å²) in [5, 5.41) is 7.31. The van der Waals surface area contributed by atoms with Crippen LogP contribution in [-0.4, -0.2) is 22.7 Å². The Balaban J connectivity index is 1.87. The Kier molecular flexibility index (Phi) is 2.83. The standard InChI is InChI=1S/C13H14FN3O/c1-8-11(6-7-15-8)13-16-12(17-18-13)9-2-4-10(14)5-3-9/h2-5,8,11,15H,6-7H2,1H3. The minimum absolute atomic E-state index is 0.268. The van der Waals surface area contributed by atoms with Gasteiger partial charge in [0, 0.05) is 11.6 Å². The van der Waals surface area contributed by atoms with Crippen molar-refractivity contribution in [2.24, 2.45) is 0 Å². The summed E-state index contributed by atoms with van der Waals surface area (Å²) in [7, 11) is 0. The lowest BCUT2D eigenvalue weighted by molar-refractivity contribution is 0.345. The van der Waals surface area contributed by atoms with E-state index in [1.807, 2.05) is 0 Å². The summed E-state index contributed by atoms with van der Waals surface area (Å²) in [6.07, 6.45) is 1.01. The Labute approximate surface area is 104 Å². The maximum atomic E-state index is 12.8. The summed E-state index contributed by atoms with van der Waals surface area (Å²) in [6.45, 7) is 3.08. The number of aromatic nitrogens is 2. The summed E-state index contributed by atoms with van der Waals surface area (Å²) in [6, 6.07) is 6.45. The molecule has 1 aromatic carbocycles. The number of hydrogen-bond acceptors (Lipinski definition) is 4. The van der Waals surface area contributed by atoms with Crippen molar-refractivity contribution in [1.29, 1.82) is 0 Å². The Hall–Kier alpha value is -1.75. The van der Waals surface area contributed by atoms with Crippen molar-refractivity contribution in [2.45, 2.75) is 25.3 Å². The lowest BCUT2D eigenvalue weighted by Gasteiger charge is -2.08. The lowest BCUT2D eigenvalue weighted by atomic mass is 10.0. The van der Waals surface area contributed by atoms with Gasteiger partial charge in [-0.05, 0) is 44.2 Å². The van der Waals surface area contributed by atoms with Gasteiger partial charge in [0.15, 0.2) is 0 Å². The third-order valence-electron chi connectivity index (χ3n) is 3.39. The molecule has 4 nitrogen and oxygen atoms in total. The van der Waals surface area contributed by atoms with Crippen LogP contribution in [0.2, 0.25) is 0 Å². The molecular weight excluding hydrogens is 233 g/mol. The zero-order valence-electron chi connectivity index (χ0n) is 10.1. The third kappa shape index (κ3) is 2.01. The zero-order valence-corrected chi connectivity index (χ0v) is 10.1. The fourth-order valence-corrected chi connectivity index (χ4v) is 2.30. The molecule has 3 rings (SSSR count). The van der Waals surface area contributed by atoms with Crippen LogP contribution in [0, 0.1) is 5.82 Å². The summed E-state index contributed by atoms with van der Waals surface area (Å²) in [5.41, 5.74) is 0.769. The molecule has 0 amide bonds. The molecule has 2 aromatic rings. The van der Waals surface area contributed by atoms with Gasteiger partial charge in [-0.1, -0.05) is 5.16 Å². The maximum Gasteiger partial charge on any atom is 0.231 e. The Bertz CT molecular complexity index is 537. The number of nitrogens with zero attached hydrogens (tertiary/aromatic N) is 2. The van der Waals surface area contributed by atoms with Crippen molar-refractivity contribution in [3.05, 3.63) is 36.0 Å². The highest BCUT2D eigenvalue weighted by molar-refractivity contribution is 5.53. The molecule has 2 heterocycles. The maximum absolute atomic E-state index is 12.8. The van der Waals surface area contributed by atoms with E-state index in [4.69, 9.17) is 4.52 Å². The van der Waals surface area contributed by atoms with Crippen molar-refractivity contribution in [3.8, 4) is 11.4 Å². The second kappa shape index (κ2) is 4.49. The Morgan fingerprint density at radius 1 is 1.33 bits per heavy atom. The highest BCUT2D eigenvalue weighted by Crippen LogP contribution is 2.27. The minimum Gasteiger partial charge on any atom is -0.339 e. The van der Waals surface area contributed by atoms with Crippen LogP contribution in [0.15, 0.2) is 28.8 Å². The third-order valence-corrected chi connectivity index (χ3v) is 3.39. The molecule has 0 bridgehead atoms. The smallest absolute Gasteiger partial charge is 0.231 e. The summed E-state index contributed by atoms with van der Waals surface area (Å²) in [4.78, 5) is 4.40. The Morgan fingerprint density at radius 2 is 2.11 bits per heavy atom. The van der Waals surface area contributed by atoms with Crippen LogP contribution in [0.3, 0.4) is 0 Å². The largest absolute Gasteiger partial charge is 0.339 e.